The average Bonchev–Trinajstić information content (AvgIpc) is 2.89. The molecule has 0 fully saturated rings. The fraction of sp³-hybridized carbons (Fsp3) is 0.286. The zero-order valence-electron chi connectivity index (χ0n) is 10.1. The van der Waals surface area contributed by atoms with Crippen molar-refractivity contribution in [3.05, 3.63) is 51.2 Å². The highest BCUT2D eigenvalue weighted by Crippen LogP contribution is 2.31. The monoisotopic (exact) mass is 282 g/mol. The van der Waals surface area contributed by atoms with E-state index in [1.165, 1.54) is 4.88 Å². The van der Waals surface area contributed by atoms with Gasteiger partial charge in [0, 0.05) is 15.5 Å². The molecule has 2 nitrogen and oxygen atoms in total. The number of hydrogen-bond acceptors (Lipinski definition) is 3. The number of ether oxygens (including phenoxy) is 1. The Kier molecular flexibility index (Phi) is 4.64. The number of rotatable bonds is 5. The van der Waals surface area contributed by atoms with E-state index in [-0.39, 0.29) is 0 Å². The number of aliphatic hydroxyl groups is 1. The molecule has 0 aliphatic heterocycles. The molecule has 0 aliphatic rings. The van der Waals surface area contributed by atoms with Gasteiger partial charge in [-0.05, 0) is 42.5 Å². The van der Waals surface area contributed by atoms with E-state index in [0.717, 1.165) is 12.0 Å². The highest BCUT2D eigenvalue weighted by molar-refractivity contribution is 7.09. The van der Waals surface area contributed by atoms with Crippen LogP contribution in [0.5, 0.6) is 5.75 Å². The molecule has 1 atom stereocenters. The molecular formula is C14H15ClO2S. The van der Waals surface area contributed by atoms with Crippen molar-refractivity contribution < 1.29 is 9.84 Å². The molecule has 2 rings (SSSR count). The highest BCUT2D eigenvalue weighted by atomic mass is 35.5. The van der Waals surface area contributed by atoms with Gasteiger partial charge in [-0.2, -0.15) is 0 Å². The van der Waals surface area contributed by atoms with Gasteiger partial charge in [0.2, 0.25) is 0 Å². The lowest BCUT2D eigenvalue weighted by molar-refractivity contribution is 0.164. The van der Waals surface area contributed by atoms with Crippen LogP contribution in [0.15, 0.2) is 35.7 Å². The van der Waals surface area contributed by atoms with Crippen LogP contribution >= 0.6 is 22.9 Å². The van der Waals surface area contributed by atoms with Crippen molar-refractivity contribution in [2.24, 2.45) is 0 Å². The van der Waals surface area contributed by atoms with Crippen LogP contribution in [0.2, 0.25) is 5.02 Å². The molecule has 0 radical (unpaired) electrons. The van der Waals surface area contributed by atoms with Gasteiger partial charge in [0.1, 0.15) is 5.75 Å². The van der Waals surface area contributed by atoms with Crippen LogP contribution in [-0.4, -0.2) is 12.2 Å². The van der Waals surface area contributed by atoms with Crippen molar-refractivity contribution in [1.29, 1.82) is 0 Å². The smallest absolute Gasteiger partial charge is 0.124 e. The molecule has 96 valence electrons. The van der Waals surface area contributed by atoms with Gasteiger partial charge in [0.25, 0.3) is 0 Å². The molecule has 1 unspecified atom stereocenters. The van der Waals surface area contributed by atoms with Gasteiger partial charge < -0.3 is 9.84 Å². The zero-order chi connectivity index (χ0) is 13.0. The van der Waals surface area contributed by atoms with E-state index in [1.54, 1.807) is 36.6 Å². The number of methoxy groups -OCH3 is 1. The lowest BCUT2D eigenvalue weighted by atomic mass is 10.0. The lowest BCUT2D eigenvalue weighted by Crippen LogP contribution is -2.02. The van der Waals surface area contributed by atoms with Gasteiger partial charge in [0.15, 0.2) is 0 Å². The van der Waals surface area contributed by atoms with Crippen molar-refractivity contribution in [2.45, 2.75) is 18.9 Å². The summed E-state index contributed by atoms with van der Waals surface area (Å²) in [5.41, 5.74) is 0.751. The molecule has 1 aromatic carbocycles. The molecule has 0 amide bonds. The van der Waals surface area contributed by atoms with E-state index in [2.05, 4.69) is 6.07 Å². The SMILES string of the molecule is COc1ccc(Cl)cc1C(O)CCc1cccs1. The van der Waals surface area contributed by atoms with Crippen molar-refractivity contribution in [2.75, 3.05) is 7.11 Å². The largest absolute Gasteiger partial charge is 0.496 e. The van der Waals surface area contributed by atoms with Gasteiger partial charge in [-0.15, -0.1) is 11.3 Å². The summed E-state index contributed by atoms with van der Waals surface area (Å²) < 4.78 is 5.24. The van der Waals surface area contributed by atoms with E-state index in [9.17, 15) is 5.11 Å². The van der Waals surface area contributed by atoms with Crippen molar-refractivity contribution in [3.8, 4) is 5.75 Å². The maximum absolute atomic E-state index is 10.2. The number of benzene rings is 1. The van der Waals surface area contributed by atoms with E-state index in [0.29, 0.717) is 17.2 Å². The predicted octanol–water partition coefficient (Wildman–Crippen LogP) is 4.08. The highest BCUT2D eigenvalue weighted by Gasteiger charge is 2.14. The first-order chi connectivity index (χ1) is 8.70. The van der Waals surface area contributed by atoms with Crippen LogP contribution in [0.3, 0.4) is 0 Å². The molecule has 0 spiro atoms. The topological polar surface area (TPSA) is 29.5 Å². The summed E-state index contributed by atoms with van der Waals surface area (Å²) in [5.74, 6) is 0.679. The van der Waals surface area contributed by atoms with E-state index >= 15 is 0 Å². The Morgan fingerprint density at radius 3 is 2.89 bits per heavy atom. The minimum absolute atomic E-state index is 0.555. The third kappa shape index (κ3) is 3.25. The van der Waals surface area contributed by atoms with Crippen LogP contribution in [0.25, 0.3) is 0 Å². The van der Waals surface area contributed by atoms with Crippen LogP contribution in [0, 0.1) is 0 Å². The van der Waals surface area contributed by atoms with Gasteiger partial charge in [-0.25, -0.2) is 0 Å². The normalized spacial score (nSPS) is 12.4. The summed E-state index contributed by atoms with van der Waals surface area (Å²) in [6.45, 7) is 0. The first kappa shape index (κ1) is 13.4. The summed E-state index contributed by atoms with van der Waals surface area (Å²) in [6, 6.07) is 9.40. The molecule has 0 bridgehead atoms. The van der Waals surface area contributed by atoms with Gasteiger partial charge in [-0.3, -0.25) is 0 Å². The molecule has 0 saturated carbocycles. The third-order valence-corrected chi connectivity index (χ3v) is 3.97. The van der Waals surface area contributed by atoms with Crippen molar-refractivity contribution >= 4 is 22.9 Å². The van der Waals surface area contributed by atoms with Crippen molar-refractivity contribution in [1.82, 2.24) is 0 Å². The first-order valence-electron chi connectivity index (χ1n) is 5.74. The van der Waals surface area contributed by atoms with E-state index < -0.39 is 6.10 Å². The Morgan fingerprint density at radius 2 is 2.22 bits per heavy atom. The van der Waals surface area contributed by atoms with E-state index in [4.69, 9.17) is 16.3 Å². The maximum Gasteiger partial charge on any atom is 0.124 e. The van der Waals surface area contributed by atoms with Gasteiger partial charge in [0.05, 0.1) is 13.2 Å². The Morgan fingerprint density at radius 1 is 1.39 bits per heavy atom. The summed E-state index contributed by atoms with van der Waals surface area (Å²) in [6.07, 6.45) is 0.965. The number of aliphatic hydroxyl groups excluding tert-OH is 1. The first-order valence-corrected chi connectivity index (χ1v) is 7.00. The number of aryl methyl sites for hydroxylation is 1. The van der Waals surface area contributed by atoms with Gasteiger partial charge >= 0.3 is 0 Å². The summed E-state index contributed by atoms with van der Waals surface area (Å²) in [4.78, 5) is 1.27. The third-order valence-electron chi connectivity index (χ3n) is 2.80. The maximum atomic E-state index is 10.2. The van der Waals surface area contributed by atoms with Crippen LogP contribution in [0.1, 0.15) is 23.0 Å². The predicted molar refractivity (Wildman–Crippen MR) is 75.6 cm³/mol. The molecular weight excluding hydrogens is 268 g/mol. The second-order valence-electron chi connectivity index (χ2n) is 4.02. The van der Waals surface area contributed by atoms with E-state index in [1.807, 2.05) is 11.4 Å². The standard InChI is InChI=1S/C14H15ClO2S/c1-17-14-7-4-10(15)9-12(14)13(16)6-5-11-3-2-8-18-11/h2-4,7-9,13,16H,5-6H2,1H3. The zero-order valence-corrected chi connectivity index (χ0v) is 11.7. The molecule has 18 heavy (non-hydrogen) atoms. The Hall–Kier alpha value is -1.03. The molecule has 1 aromatic heterocycles. The average molecular weight is 283 g/mol. The van der Waals surface area contributed by atoms with Crippen LogP contribution in [-0.2, 0) is 6.42 Å². The molecule has 0 saturated heterocycles. The molecule has 2 aromatic rings. The summed E-state index contributed by atoms with van der Waals surface area (Å²) in [5, 5.41) is 12.9. The molecule has 1 N–H and O–H groups in total. The minimum Gasteiger partial charge on any atom is -0.496 e. The molecule has 0 aliphatic carbocycles. The Bertz CT molecular complexity index is 497. The Balaban J connectivity index is 2.08. The Labute approximate surface area is 116 Å². The van der Waals surface area contributed by atoms with Crippen molar-refractivity contribution in [3.63, 3.8) is 0 Å². The lowest BCUT2D eigenvalue weighted by Gasteiger charge is -2.14. The number of halogens is 1. The van der Waals surface area contributed by atoms with Crippen LogP contribution in [0.4, 0.5) is 0 Å². The fourth-order valence-electron chi connectivity index (χ4n) is 1.85. The number of hydrogen-bond donors (Lipinski definition) is 1. The summed E-state index contributed by atoms with van der Waals surface area (Å²) >= 11 is 7.66. The second kappa shape index (κ2) is 6.23. The quantitative estimate of drug-likeness (QED) is 0.895. The second-order valence-corrected chi connectivity index (χ2v) is 5.49. The fourth-order valence-corrected chi connectivity index (χ4v) is 2.76. The molecule has 1 heterocycles. The number of thiophene rings is 1. The summed E-state index contributed by atoms with van der Waals surface area (Å²) in [7, 11) is 1.60. The molecule has 4 heteroatoms. The van der Waals surface area contributed by atoms with Crippen LogP contribution < -0.4 is 4.74 Å². The minimum atomic E-state index is -0.555. The van der Waals surface area contributed by atoms with Gasteiger partial charge in [-0.1, -0.05) is 17.7 Å².